The van der Waals surface area contributed by atoms with Crippen molar-refractivity contribution in [2.75, 3.05) is 5.32 Å². The molecule has 0 bridgehead atoms. The quantitative estimate of drug-likeness (QED) is 0.619. The number of nitrogens with one attached hydrogen (secondary N) is 1. The highest BCUT2D eigenvalue weighted by molar-refractivity contribution is 6.05. The molecule has 0 spiro atoms. The van der Waals surface area contributed by atoms with Gasteiger partial charge in [-0.1, -0.05) is 18.2 Å². The number of furan rings is 1. The summed E-state index contributed by atoms with van der Waals surface area (Å²) in [4.78, 5) is 13.0. The molecule has 0 aliphatic heterocycles. The molecule has 0 aliphatic rings. The van der Waals surface area contributed by atoms with E-state index in [0.29, 0.717) is 11.4 Å². The molecule has 4 rings (SSSR count). The van der Waals surface area contributed by atoms with Gasteiger partial charge in [0.05, 0.1) is 11.7 Å². The Morgan fingerprint density at radius 1 is 1.00 bits per heavy atom. The summed E-state index contributed by atoms with van der Waals surface area (Å²) >= 11 is 0. The molecule has 1 N–H and O–H groups in total. The lowest BCUT2D eigenvalue weighted by atomic mass is 10.2. The van der Waals surface area contributed by atoms with Crippen LogP contribution in [0.5, 0.6) is 0 Å². The number of hydrogen-bond acceptors (Lipinski definition) is 5. The molecule has 3 heterocycles. The molecule has 0 aliphatic carbocycles. The van der Waals surface area contributed by atoms with E-state index in [1.54, 1.807) is 12.5 Å². The molecule has 0 radical (unpaired) electrons. The van der Waals surface area contributed by atoms with E-state index in [9.17, 15) is 0 Å². The second-order valence-corrected chi connectivity index (χ2v) is 5.12. The van der Waals surface area contributed by atoms with E-state index in [-0.39, 0.29) is 6.04 Å². The van der Waals surface area contributed by atoms with Gasteiger partial charge in [-0.15, -0.1) is 0 Å². The predicted octanol–water partition coefficient (Wildman–Crippen LogP) is 3.94. The SMILES string of the molecule is C[C@@H](Nc1ncnc2c1oc1ccccc12)c1ccccn1. The van der Waals surface area contributed by atoms with Crippen molar-refractivity contribution >= 4 is 27.9 Å². The number of hydrogen-bond donors (Lipinski definition) is 1. The van der Waals surface area contributed by atoms with Gasteiger partial charge in [-0.3, -0.25) is 4.98 Å². The Morgan fingerprint density at radius 2 is 1.86 bits per heavy atom. The van der Waals surface area contributed by atoms with Gasteiger partial charge in [0.2, 0.25) is 0 Å². The number of aromatic nitrogens is 3. The Labute approximate surface area is 127 Å². The minimum absolute atomic E-state index is 0.0208. The molecule has 0 unspecified atom stereocenters. The fraction of sp³-hybridized carbons (Fsp3) is 0.118. The van der Waals surface area contributed by atoms with Crippen LogP contribution >= 0.6 is 0 Å². The fourth-order valence-electron chi connectivity index (χ4n) is 2.54. The molecular formula is C17H14N4O. The standard InChI is InChI=1S/C17H14N4O/c1-11(13-7-4-5-9-18-13)21-17-16-15(19-10-20-17)12-6-2-3-8-14(12)22-16/h2-11H,1H3,(H,19,20,21)/t11-/m1/s1. The lowest BCUT2D eigenvalue weighted by Gasteiger charge is -2.13. The maximum atomic E-state index is 5.91. The van der Waals surface area contributed by atoms with Gasteiger partial charge in [0, 0.05) is 11.6 Å². The summed E-state index contributed by atoms with van der Waals surface area (Å²) in [6, 6.07) is 13.7. The monoisotopic (exact) mass is 290 g/mol. The van der Waals surface area contributed by atoms with E-state index in [0.717, 1.165) is 22.2 Å². The van der Waals surface area contributed by atoms with Gasteiger partial charge >= 0.3 is 0 Å². The van der Waals surface area contributed by atoms with Crippen LogP contribution in [0.3, 0.4) is 0 Å². The number of pyridine rings is 1. The number of fused-ring (bicyclic) bond motifs is 3. The smallest absolute Gasteiger partial charge is 0.196 e. The Kier molecular flexibility index (Phi) is 2.96. The molecule has 22 heavy (non-hydrogen) atoms. The van der Waals surface area contributed by atoms with Crippen molar-refractivity contribution in [1.29, 1.82) is 0 Å². The molecule has 108 valence electrons. The van der Waals surface area contributed by atoms with Crippen molar-refractivity contribution in [1.82, 2.24) is 15.0 Å². The van der Waals surface area contributed by atoms with Crippen molar-refractivity contribution < 1.29 is 4.42 Å². The first-order chi connectivity index (χ1) is 10.8. The van der Waals surface area contributed by atoms with E-state index >= 15 is 0 Å². The molecule has 0 saturated heterocycles. The minimum Gasteiger partial charge on any atom is -0.450 e. The normalized spacial score (nSPS) is 12.6. The summed E-state index contributed by atoms with van der Waals surface area (Å²) in [5.74, 6) is 0.680. The molecule has 3 aromatic heterocycles. The highest BCUT2D eigenvalue weighted by Crippen LogP contribution is 2.31. The number of benzene rings is 1. The van der Waals surface area contributed by atoms with Gasteiger partial charge in [-0.2, -0.15) is 0 Å². The summed E-state index contributed by atoms with van der Waals surface area (Å²) < 4.78 is 5.91. The summed E-state index contributed by atoms with van der Waals surface area (Å²) in [7, 11) is 0. The highest BCUT2D eigenvalue weighted by Gasteiger charge is 2.15. The number of para-hydroxylation sites is 1. The molecule has 4 aromatic rings. The molecule has 1 atom stereocenters. The van der Waals surface area contributed by atoms with Gasteiger partial charge in [-0.25, -0.2) is 9.97 Å². The Hall–Kier alpha value is -2.95. The average molecular weight is 290 g/mol. The number of anilines is 1. The molecule has 1 aromatic carbocycles. The average Bonchev–Trinajstić information content (AvgIpc) is 2.95. The van der Waals surface area contributed by atoms with Gasteiger partial charge in [0.15, 0.2) is 11.4 Å². The van der Waals surface area contributed by atoms with E-state index in [1.807, 2.05) is 49.4 Å². The summed E-state index contributed by atoms with van der Waals surface area (Å²) in [5.41, 5.74) is 3.25. The van der Waals surface area contributed by atoms with Gasteiger partial charge in [0.25, 0.3) is 0 Å². The van der Waals surface area contributed by atoms with Crippen LogP contribution < -0.4 is 5.32 Å². The molecule has 0 fully saturated rings. The maximum absolute atomic E-state index is 5.91. The van der Waals surface area contributed by atoms with Crippen molar-refractivity contribution in [3.05, 3.63) is 60.7 Å². The first kappa shape index (κ1) is 12.8. The largest absolute Gasteiger partial charge is 0.450 e. The Balaban J connectivity index is 1.79. The molecular weight excluding hydrogens is 276 g/mol. The zero-order valence-electron chi connectivity index (χ0n) is 12.0. The Morgan fingerprint density at radius 3 is 2.73 bits per heavy atom. The zero-order valence-corrected chi connectivity index (χ0v) is 12.0. The maximum Gasteiger partial charge on any atom is 0.196 e. The number of rotatable bonds is 3. The fourth-order valence-corrected chi connectivity index (χ4v) is 2.54. The summed E-state index contributed by atoms with van der Waals surface area (Å²) in [6.45, 7) is 2.04. The lowest BCUT2D eigenvalue weighted by Crippen LogP contribution is -2.09. The van der Waals surface area contributed by atoms with Crippen LogP contribution in [0.2, 0.25) is 0 Å². The molecule has 0 saturated carbocycles. The van der Waals surface area contributed by atoms with Crippen molar-refractivity contribution in [3.8, 4) is 0 Å². The van der Waals surface area contributed by atoms with Gasteiger partial charge in [0.1, 0.15) is 17.4 Å². The predicted molar refractivity (Wildman–Crippen MR) is 85.6 cm³/mol. The first-order valence-corrected chi connectivity index (χ1v) is 7.12. The molecule has 5 nitrogen and oxygen atoms in total. The van der Waals surface area contributed by atoms with E-state index < -0.39 is 0 Å². The van der Waals surface area contributed by atoms with Crippen LogP contribution in [-0.4, -0.2) is 15.0 Å². The summed E-state index contributed by atoms with van der Waals surface area (Å²) in [5, 5.41) is 4.35. The molecule has 5 heteroatoms. The zero-order chi connectivity index (χ0) is 14.9. The van der Waals surface area contributed by atoms with Crippen LogP contribution in [0.1, 0.15) is 18.7 Å². The van der Waals surface area contributed by atoms with Gasteiger partial charge in [-0.05, 0) is 31.2 Å². The number of nitrogens with zero attached hydrogens (tertiary/aromatic N) is 3. The highest BCUT2D eigenvalue weighted by atomic mass is 16.3. The van der Waals surface area contributed by atoms with Crippen molar-refractivity contribution in [3.63, 3.8) is 0 Å². The van der Waals surface area contributed by atoms with Crippen LogP contribution in [0.15, 0.2) is 59.4 Å². The third kappa shape index (κ3) is 2.07. The minimum atomic E-state index is 0.0208. The van der Waals surface area contributed by atoms with Gasteiger partial charge < -0.3 is 9.73 Å². The van der Waals surface area contributed by atoms with Crippen LogP contribution in [0, 0.1) is 0 Å². The van der Waals surface area contributed by atoms with E-state index in [1.165, 1.54) is 0 Å². The second-order valence-electron chi connectivity index (χ2n) is 5.12. The third-order valence-corrected chi connectivity index (χ3v) is 3.64. The topological polar surface area (TPSA) is 63.8 Å². The molecule has 0 amide bonds. The van der Waals surface area contributed by atoms with Crippen molar-refractivity contribution in [2.24, 2.45) is 0 Å². The van der Waals surface area contributed by atoms with E-state index in [4.69, 9.17) is 4.42 Å². The van der Waals surface area contributed by atoms with Crippen LogP contribution in [0.25, 0.3) is 22.1 Å². The second kappa shape index (κ2) is 5.11. The van der Waals surface area contributed by atoms with Crippen LogP contribution in [0.4, 0.5) is 5.82 Å². The van der Waals surface area contributed by atoms with Crippen molar-refractivity contribution in [2.45, 2.75) is 13.0 Å². The van der Waals surface area contributed by atoms with Crippen LogP contribution in [-0.2, 0) is 0 Å². The Bertz CT molecular complexity index is 933. The lowest BCUT2D eigenvalue weighted by molar-refractivity contribution is 0.664. The summed E-state index contributed by atoms with van der Waals surface area (Å²) in [6.07, 6.45) is 3.34. The first-order valence-electron chi connectivity index (χ1n) is 7.12. The third-order valence-electron chi connectivity index (χ3n) is 3.64. The van der Waals surface area contributed by atoms with E-state index in [2.05, 4.69) is 20.3 Å².